The number of benzene rings is 1. The summed E-state index contributed by atoms with van der Waals surface area (Å²) in [6.07, 6.45) is 0.422. The molecule has 2 N–H and O–H groups in total. The smallest absolute Gasteiger partial charge is 0.335 e. The van der Waals surface area contributed by atoms with Crippen molar-refractivity contribution >= 4 is 11.9 Å². The second-order valence-corrected chi connectivity index (χ2v) is 4.73. The van der Waals surface area contributed by atoms with Gasteiger partial charge in [0.15, 0.2) is 0 Å². The molecule has 1 rings (SSSR count). The molecule has 0 aliphatic rings. The maximum absolute atomic E-state index is 11.3. The molecule has 20 heavy (non-hydrogen) atoms. The van der Waals surface area contributed by atoms with Gasteiger partial charge in [-0.15, -0.1) is 0 Å². The first kappa shape index (κ1) is 16.2. The summed E-state index contributed by atoms with van der Waals surface area (Å²) in [5, 5.41) is 18.5. The molecule has 0 saturated heterocycles. The van der Waals surface area contributed by atoms with E-state index < -0.39 is 11.9 Å². The number of aryl methyl sites for hydroxylation is 1. The molecule has 110 valence electrons. The Kier molecular flexibility index (Phi) is 5.70. The van der Waals surface area contributed by atoms with Crippen LogP contribution in [-0.2, 0) is 6.42 Å². The van der Waals surface area contributed by atoms with Crippen molar-refractivity contribution in [2.75, 3.05) is 19.6 Å². The molecule has 0 aliphatic heterocycles. The molecular formula is C15H21NO4. The van der Waals surface area contributed by atoms with Gasteiger partial charge in [-0.3, -0.25) is 0 Å². The largest absolute Gasteiger partial charge is 0.478 e. The Bertz CT molecular complexity index is 472. The molecule has 0 fully saturated rings. The third kappa shape index (κ3) is 3.81. The van der Waals surface area contributed by atoms with Gasteiger partial charge in [-0.1, -0.05) is 13.8 Å². The second-order valence-electron chi connectivity index (χ2n) is 4.73. The van der Waals surface area contributed by atoms with Gasteiger partial charge in [0.05, 0.1) is 11.1 Å². The van der Waals surface area contributed by atoms with Gasteiger partial charge >= 0.3 is 11.9 Å². The summed E-state index contributed by atoms with van der Waals surface area (Å²) < 4.78 is 0. The van der Waals surface area contributed by atoms with Crippen LogP contribution in [0.1, 0.15) is 45.7 Å². The summed E-state index contributed by atoms with van der Waals surface area (Å²) in [5.41, 5.74) is 1.23. The van der Waals surface area contributed by atoms with Crippen molar-refractivity contribution in [2.24, 2.45) is 0 Å². The first-order valence-corrected chi connectivity index (χ1v) is 6.73. The van der Waals surface area contributed by atoms with Crippen LogP contribution in [0, 0.1) is 6.92 Å². The first-order valence-electron chi connectivity index (χ1n) is 6.73. The molecule has 0 radical (unpaired) electrons. The zero-order valence-electron chi connectivity index (χ0n) is 12.1. The van der Waals surface area contributed by atoms with E-state index in [1.807, 2.05) is 13.8 Å². The van der Waals surface area contributed by atoms with E-state index >= 15 is 0 Å². The van der Waals surface area contributed by atoms with Crippen LogP contribution in [0.2, 0.25) is 0 Å². The van der Waals surface area contributed by atoms with Gasteiger partial charge in [0.25, 0.3) is 0 Å². The van der Waals surface area contributed by atoms with Crippen LogP contribution >= 0.6 is 0 Å². The Hall–Kier alpha value is -1.88. The van der Waals surface area contributed by atoms with Crippen LogP contribution < -0.4 is 0 Å². The van der Waals surface area contributed by atoms with Gasteiger partial charge in [0.1, 0.15) is 0 Å². The summed E-state index contributed by atoms with van der Waals surface area (Å²) in [6.45, 7) is 8.10. The topological polar surface area (TPSA) is 77.8 Å². The van der Waals surface area contributed by atoms with E-state index in [4.69, 9.17) is 0 Å². The summed E-state index contributed by atoms with van der Waals surface area (Å²) in [7, 11) is 0. The summed E-state index contributed by atoms with van der Waals surface area (Å²) in [4.78, 5) is 24.8. The highest BCUT2D eigenvalue weighted by Gasteiger charge is 2.19. The molecule has 0 bridgehead atoms. The maximum atomic E-state index is 11.3. The van der Waals surface area contributed by atoms with Crippen LogP contribution in [0.4, 0.5) is 0 Å². The first-order chi connectivity index (χ1) is 9.40. The molecule has 5 heteroatoms. The molecule has 5 nitrogen and oxygen atoms in total. The standard InChI is InChI=1S/C15H21NO4/c1-4-16(5-2)7-6-11-12(14(17)18)8-10(3)9-13(11)15(19)20/h8-9H,4-7H2,1-3H3,(H,17,18)(H,19,20). The van der Waals surface area contributed by atoms with Crippen LogP contribution in [0.25, 0.3) is 0 Å². The van der Waals surface area contributed by atoms with Crippen LogP contribution in [0.15, 0.2) is 12.1 Å². The van der Waals surface area contributed by atoms with Gasteiger partial charge in [-0.2, -0.15) is 0 Å². The van der Waals surface area contributed by atoms with Crippen molar-refractivity contribution in [1.29, 1.82) is 0 Å². The van der Waals surface area contributed by atoms with Crippen molar-refractivity contribution in [1.82, 2.24) is 4.90 Å². The van der Waals surface area contributed by atoms with E-state index in [0.717, 1.165) is 13.1 Å². The number of carboxylic acid groups (broad SMARTS) is 2. The molecule has 0 amide bonds. The Morgan fingerprint density at radius 2 is 1.50 bits per heavy atom. The predicted octanol–water partition coefficient (Wildman–Crippen LogP) is 2.28. The molecule has 0 atom stereocenters. The van der Waals surface area contributed by atoms with Crippen LogP contribution in [-0.4, -0.2) is 46.7 Å². The van der Waals surface area contributed by atoms with E-state index in [1.165, 1.54) is 12.1 Å². The average Bonchev–Trinajstić information content (AvgIpc) is 2.40. The summed E-state index contributed by atoms with van der Waals surface area (Å²) in [5.74, 6) is -2.16. The zero-order chi connectivity index (χ0) is 15.3. The average molecular weight is 279 g/mol. The minimum absolute atomic E-state index is 0.0922. The Labute approximate surface area is 118 Å². The fourth-order valence-corrected chi connectivity index (χ4v) is 2.28. The number of rotatable bonds is 7. The fourth-order valence-electron chi connectivity index (χ4n) is 2.28. The molecule has 0 spiro atoms. The number of hydrogen-bond acceptors (Lipinski definition) is 3. The zero-order valence-corrected chi connectivity index (χ0v) is 12.1. The van der Waals surface area contributed by atoms with E-state index in [0.29, 0.717) is 24.1 Å². The van der Waals surface area contributed by atoms with Crippen molar-refractivity contribution in [3.63, 3.8) is 0 Å². The number of aromatic carboxylic acids is 2. The SMILES string of the molecule is CCN(CC)CCc1c(C(=O)O)cc(C)cc1C(=O)O. The van der Waals surface area contributed by atoms with Gasteiger partial charge in [0.2, 0.25) is 0 Å². The number of carboxylic acids is 2. The minimum atomic E-state index is -1.08. The highest BCUT2D eigenvalue weighted by Crippen LogP contribution is 2.19. The van der Waals surface area contributed by atoms with Crippen molar-refractivity contribution in [2.45, 2.75) is 27.2 Å². The third-order valence-electron chi connectivity index (χ3n) is 3.43. The lowest BCUT2D eigenvalue weighted by atomic mass is 9.95. The van der Waals surface area contributed by atoms with Crippen molar-refractivity contribution in [3.05, 3.63) is 34.4 Å². The quantitative estimate of drug-likeness (QED) is 0.800. The lowest BCUT2D eigenvalue weighted by Gasteiger charge is -2.19. The highest BCUT2D eigenvalue weighted by molar-refractivity contribution is 5.97. The van der Waals surface area contributed by atoms with Gasteiger partial charge in [-0.25, -0.2) is 9.59 Å². The van der Waals surface area contributed by atoms with Crippen LogP contribution in [0.3, 0.4) is 0 Å². The number of hydrogen-bond donors (Lipinski definition) is 2. The Balaban J connectivity index is 3.19. The van der Waals surface area contributed by atoms with Gasteiger partial charge in [0, 0.05) is 6.54 Å². The lowest BCUT2D eigenvalue weighted by Crippen LogP contribution is -2.26. The molecule has 0 aliphatic carbocycles. The fraction of sp³-hybridized carbons (Fsp3) is 0.467. The molecular weight excluding hydrogens is 258 g/mol. The Morgan fingerprint density at radius 1 is 1.05 bits per heavy atom. The molecule has 1 aromatic carbocycles. The molecule has 0 saturated carbocycles. The van der Waals surface area contributed by atoms with E-state index in [1.54, 1.807) is 6.92 Å². The lowest BCUT2D eigenvalue weighted by molar-refractivity contribution is 0.0695. The number of carbonyl (C=O) groups is 2. The van der Waals surface area contributed by atoms with E-state index in [9.17, 15) is 19.8 Å². The normalized spacial score (nSPS) is 10.8. The molecule has 1 aromatic rings. The predicted molar refractivity (Wildman–Crippen MR) is 76.6 cm³/mol. The van der Waals surface area contributed by atoms with E-state index in [2.05, 4.69) is 4.90 Å². The van der Waals surface area contributed by atoms with Crippen molar-refractivity contribution < 1.29 is 19.8 Å². The summed E-state index contributed by atoms with van der Waals surface area (Å²) in [6, 6.07) is 3.07. The van der Waals surface area contributed by atoms with Gasteiger partial charge < -0.3 is 15.1 Å². The minimum Gasteiger partial charge on any atom is -0.478 e. The van der Waals surface area contributed by atoms with E-state index in [-0.39, 0.29) is 11.1 Å². The van der Waals surface area contributed by atoms with Crippen molar-refractivity contribution in [3.8, 4) is 0 Å². The molecule has 0 heterocycles. The highest BCUT2D eigenvalue weighted by atomic mass is 16.4. The number of nitrogens with zero attached hydrogens (tertiary/aromatic N) is 1. The Morgan fingerprint density at radius 3 is 1.85 bits per heavy atom. The number of likely N-dealkylation sites (N-methyl/N-ethyl adjacent to an activating group) is 1. The monoisotopic (exact) mass is 279 g/mol. The maximum Gasteiger partial charge on any atom is 0.335 e. The summed E-state index contributed by atoms with van der Waals surface area (Å²) >= 11 is 0. The van der Waals surface area contributed by atoms with Gasteiger partial charge in [-0.05, 0) is 49.7 Å². The molecule has 0 aromatic heterocycles. The molecule has 0 unspecified atom stereocenters. The second kappa shape index (κ2) is 7.05. The third-order valence-corrected chi connectivity index (χ3v) is 3.43. The van der Waals surface area contributed by atoms with Crippen LogP contribution in [0.5, 0.6) is 0 Å².